The van der Waals surface area contributed by atoms with Crippen LogP contribution in [0.1, 0.15) is 16.7 Å². The van der Waals surface area contributed by atoms with Crippen molar-refractivity contribution in [2.75, 3.05) is 20.0 Å². The third-order valence-electron chi connectivity index (χ3n) is 3.58. The number of amides is 1. The lowest BCUT2D eigenvalue weighted by Gasteiger charge is -2.09. The summed E-state index contributed by atoms with van der Waals surface area (Å²) in [4.78, 5) is 11.9. The SMILES string of the molecule is COc1cccc(/C=N/NC(=O)CSCc2ccccc2C)c1OC. The molecule has 0 heterocycles. The molecule has 25 heavy (non-hydrogen) atoms. The van der Waals surface area contributed by atoms with Crippen molar-refractivity contribution in [3.8, 4) is 11.5 Å². The number of carbonyl (C=O) groups excluding carboxylic acids is 1. The number of hydrazone groups is 1. The topological polar surface area (TPSA) is 59.9 Å². The zero-order valence-corrected chi connectivity index (χ0v) is 15.4. The monoisotopic (exact) mass is 358 g/mol. The van der Waals surface area contributed by atoms with Gasteiger partial charge >= 0.3 is 0 Å². The second-order valence-electron chi connectivity index (χ2n) is 5.30. The first kappa shape index (κ1) is 18.9. The summed E-state index contributed by atoms with van der Waals surface area (Å²) in [5, 5.41) is 4.00. The molecule has 2 aromatic rings. The second-order valence-corrected chi connectivity index (χ2v) is 6.28. The Balaban J connectivity index is 1.84. The average Bonchev–Trinajstić information content (AvgIpc) is 2.63. The number of ether oxygens (including phenoxy) is 2. The van der Waals surface area contributed by atoms with Crippen molar-refractivity contribution < 1.29 is 14.3 Å². The lowest BCUT2D eigenvalue weighted by atomic mass is 10.1. The number of para-hydroxylation sites is 1. The maximum atomic E-state index is 11.9. The van der Waals surface area contributed by atoms with Crippen LogP contribution in [0.15, 0.2) is 47.6 Å². The standard InChI is InChI=1S/C19H22N2O3S/c1-14-7-4-5-8-16(14)12-25-13-18(22)21-20-11-15-9-6-10-17(23-2)19(15)24-3/h4-11H,12-13H2,1-3H3,(H,21,22)/b20-11+. The highest BCUT2D eigenvalue weighted by atomic mass is 32.2. The van der Waals surface area contributed by atoms with Crippen molar-refractivity contribution in [3.05, 3.63) is 59.2 Å². The minimum absolute atomic E-state index is 0.142. The van der Waals surface area contributed by atoms with Crippen LogP contribution in [-0.2, 0) is 10.5 Å². The highest BCUT2D eigenvalue weighted by Crippen LogP contribution is 2.29. The normalized spacial score (nSPS) is 10.7. The number of hydrogen-bond donors (Lipinski definition) is 1. The van der Waals surface area contributed by atoms with Crippen LogP contribution in [0.5, 0.6) is 11.5 Å². The quantitative estimate of drug-likeness (QED) is 0.580. The molecule has 0 saturated carbocycles. The highest BCUT2D eigenvalue weighted by molar-refractivity contribution is 7.99. The number of thioether (sulfide) groups is 1. The Morgan fingerprint density at radius 3 is 2.68 bits per heavy atom. The number of nitrogens with zero attached hydrogens (tertiary/aromatic N) is 1. The van der Waals surface area contributed by atoms with Crippen molar-refractivity contribution in [2.45, 2.75) is 12.7 Å². The molecule has 0 atom stereocenters. The molecule has 0 saturated heterocycles. The summed E-state index contributed by atoms with van der Waals surface area (Å²) in [5.41, 5.74) is 5.74. The smallest absolute Gasteiger partial charge is 0.250 e. The zero-order chi connectivity index (χ0) is 18.1. The van der Waals surface area contributed by atoms with Crippen LogP contribution in [0.2, 0.25) is 0 Å². The number of methoxy groups -OCH3 is 2. The maximum Gasteiger partial charge on any atom is 0.250 e. The van der Waals surface area contributed by atoms with Gasteiger partial charge in [0.25, 0.3) is 0 Å². The molecule has 0 spiro atoms. The van der Waals surface area contributed by atoms with Gasteiger partial charge < -0.3 is 9.47 Å². The summed E-state index contributed by atoms with van der Waals surface area (Å²) in [7, 11) is 3.14. The summed E-state index contributed by atoms with van der Waals surface area (Å²) < 4.78 is 10.5. The molecule has 2 aromatic carbocycles. The van der Waals surface area contributed by atoms with Gasteiger partial charge in [0.1, 0.15) is 0 Å². The number of rotatable bonds is 8. The minimum atomic E-state index is -0.142. The number of hydrogen-bond acceptors (Lipinski definition) is 5. The van der Waals surface area contributed by atoms with E-state index in [-0.39, 0.29) is 5.91 Å². The van der Waals surface area contributed by atoms with E-state index in [1.165, 1.54) is 11.1 Å². The molecule has 0 bridgehead atoms. The molecule has 132 valence electrons. The molecular weight excluding hydrogens is 336 g/mol. The Morgan fingerprint density at radius 2 is 1.96 bits per heavy atom. The van der Waals surface area contributed by atoms with Gasteiger partial charge in [-0.2, -0.15) is 5.10 Å². The van der Waals surface area contributed by atoms with Crippen LogP contribution in [-0.4, -0.2) is 32.1 Å². The molecule has 0 radical (unpaired) electrons. The molecule has 1 amide bonds. The van der Waals surface area contributed by atoms with Crippen LogP contribution in [0.25, 0.3) is 0 Å². The van der Waals surface area contributed by atoms with Crippen LogP contribution in [0.4, 0.5) is 0 Å². The molecular formula is C19H22N2O3S. The van der Waals surface area contributed by atoms with Crippen molar-refractivity contribution in [1.82, 2.24) is 5.43 Å². The maximum absolute atomic E-state index is 11.9. The first-order chi connectivity index (χ1) is 12.2. The van der Waals surface area contributed by atoms with Crippen LogP contribution in [0, 0.1) is 6.92 Å². The number of aryl methyl sites for hydroxylation is 1. The molecule has 2 rings (SSSR count). The number of nitrogens with one attached hydrogen (secondary N) is 1. The number of carbonyl (C=O) groups is 1. The molecule has 0 unspecified atom stereocenters. The zero-order valence-electron chi connectivity index (χ0n) is 14.6. The van der Waals surface area contributed by atoms with Crippen LogP contribution in [0.3, 0.4) is 0 Å². The van der Waals surface area contributed by atoms with Gasteiger partial charge in [-0.25, -0.2) is 5.43 Å². The van der Waals surface area contributed by atoms with Crippen molar-refractivity contribution in [3.63, 3.8) is 0 Å². The van der Waals surface area contributed by atoms with Gasteiger partial charge in [-0.3, -0.25) is 4.79 Å². The van der Waals surface area contributed by atoms with Crippen molar-refractivity contribution in [1.29, 1.82) is 0 Å². The molecule has 0 fully saturated rings. The van der Waals surface area contributed by atoms with Gasteiger partial charge in [-0.15, -0.1) is 11.8 Å². The van der Waals surface area contributed by atoms with E-state index < -0.39 is 0 Å². The molecule has 0 aliphatic heterocycles. The molecule has 6 heteroatoms. The van der Waals surface area contributed by atoms with Gasteiger partial charge in [-0.1, -0.05) is 30.3 Å². The predicted molar refractivity (Wildman–Crippen MR) is 103 cm³/mol. The molecule has 1 N–H and O–H groups in total. The summed E-state index contributed by atoms with van der Waals surface area (Å²) in [6.07, 6.45) is 1.55. The van der Waals surface area contributed by atoms with Gasteiger partial charge in [0, 0.05) is 11.3 Å². The highest BCUT2D eigenvalue weighted by Gasteiger charge is 2.07. The third-order valence-corrected chi connectivity index (χ3v) is 4.56. The fourth-order valence-corrected chi connectivity index (χ4v) is 3.14. The van der Waals surface area contributed by atoms with Gasteiger partial charge in [-0.05, 0) is 30.2 Å². The molecule has 5 nitrogen and oxygen atoms in total. The lowest BCUT2D eigenvalue weighted by molar-refractivity contribution is -0.118. The van der Waals surface area contributed by atoms with E-state index in [1.807, 2.05) is 24.3 Å². The van der Waals surface area contributed by atoms with E-state index in [0.29, 0.717) is 17.3 Å². The Kier molecular flexibility index (Phi) is 7.35. The van der Waals surface area contributed by atoms with E-state index in [0.717, 1.165) is 11.3 Å². The Bertz CT molecular complexity index is 747. The fraction of sp³-hybridized carbons (Fsp3) is 0.263. The van der Waals surface area contributed by atoms with Gasteiger partial charge in [0.15, 0.2) is 11.5 Å². The minimum Gasteiger partial charge on any atom is -0.493 e. The molecule has 0 aliphatic carbocycles. The molecule has 0 aromatic heterocycles. The van der Waals surface area contributed by atoms with E-state index in [2.05, 4.69) is 29.6 Å². The lowest BCUT2D eigenvalue weighted by Crippen LogP contribution is -2.19. The van der Waals surface area contributed by atoms with Crippen molar-refractivity contribution >= 4 is 23.9 Å². The summed E-state index contributed by atoms with van der Waals surface area (Å²) >= 11 is 1.56. The van der Waals surface area contributed by atoms with Gasteiger partial charge in [0.2, 0.25) is 5.91 Å². The van der Waals surface area contributed by atoms with Gasteiger partial charge in [0.05, 0.1) is 26.2 Å². The van der Waals surface area contributed by atoms with E-state index in [4.69, 9.17) is 9.47 Å². The molecule has 0 aliphatic rings. The Morgan fingerprint density at radius 1 is 1.16 bits per heavy atom. The summed E-state index contributed by atoms with van der Waals surface area (Å²) in [5.74, 6) is 2.20. The van der Waals surface area contributed by atoms with Crippen molar-refractivity contribution in [2.24, 2.45) is 5.10 Å². The first-order valence-electron chi connectivity index (χ1n) is 7.81. The second kappa shape index (κ2) is 9.74. The Labute approximate surface area is 152 Å². The third kappa shape index (κ3) is 5.53. The first-order valence-corrected chi connectivity index (χ1v) is 8.96. The Hall–Kier alpha value is -2.47. The van der Waals surface area contributed by atoms with Crippen LogP contribution < -0.4 is 14.9 Å². The van der Waals surface area contributed by atoms with E-state index in [9.17, 15) is 4.79 Å². The summed E-state index contributed by atoms with van der Waals surface area (Å²) in [6.45, 7) is 2.07. The predicted octanol–water partition coefficient (Wildman–Crippen LogP) is 3.40. The van der Waals surface area contributed by atoms with Crippen LogP contribution >= 0.6 is 11.8 Å². The summed E-state index contributed by atoms with van der Waals surface area (Å²) in [6, 6.07) is 13.6. The number of benzene rings is 2. The average molecular weight is 358 g/mol. The van der Waals surface area contributed by atoms with E-state index >= 15 is 0 Å². The van der Waals surface area contributed by atoms with E-state index in [1.54, 1.807) is 38.3 Å². The largest absolute Gasteiger partial charge is 0.493 e. The fourth-order valence-electron chi connectivity index (χ4n) is 2.25.